The van der Waals surface area contributed by atoms with Crippen molar-refractivity contribution in [1.29, 1.82) is 0 Å². The van der Waals surface area contributed by atoms with E-state index in [0.29, 0.717) is 25.8 Å². The number of esters is 1. The maximum atomic E-state index is 13.1. The van der Waals surface area contributed by atoms with Gasteiger partial charge in [0.2, 0.25) is 0 Å². The third-order valence-electron chi connectivity index (χ3n) is 6.60. The van der Waals surface area contributed by atoms with E-state index in [1.807, 2.05) is 26.0 Å². The number of amides is 4. The number of hydrogen-bond acceptors (Lipinski definition) is 7. The molecule has 0 unspecified atom stereocenters. The van der Waals surface area contributed by atoms with E-state index in [0.717, 1.165) is 16.0 Å². The van der Waals surface area contributed by atoms with Gasteiger partial charge in [0.15, 0.2) is 16.4 Å². The van der Waals surface area contributed by atoms with Crippen LogP contribution in [0.1, 0.15) is 37.8 Å². The largest absolute Gasteiger partial charge is 0.454 e. The summed E-state index contributed by atoms with van der Waals surface area (Å²) >= 11 is 0. The van der Waals surface area contributed by atoms with E-state index in [1.165, 1.54) is 4.90 Å². The first kappa shape index (κ1) is 24.2. The van der Waals surface area contributed by atoms with Gasteiger partial charge in [-0.05, 0) is 36.3 Å². The number of urea groups is 1. The summed E-state index contributed by atoms with van der Waals surface area (Å²) in [4.78, 5) is 53.2. The summed E-state index contributed by atoms with van der Waals surface area (Å²) in [7, 11) is -3.19. The summed E-state index contributed by atoms with van der Waals surface area (Å²) in [5.74, 6) is -1.88. The van der Waals surface area contributed by atoms with Gasteiger partial charge in [-0.1, -0.05) is 38.1 Å². The molecule has 1 spiro atoms. The van der Waals surface area contributed by atoms with Crippen LogP contribution in [0.3, 0.4) is 0 Å². The molecule has 2 saturated heterocycles. The fraction of sp³-hybridized carbons (Fsp3) is 0.565. The maximum Gasteiger partial charge on any atom is 0.326 e. The Kier molecular flexibility index (Phi) is 6.41. The molecular formula is C23H29N3O7S. The monoisotopic (exact) mass is 491 g/mol. The molecule has 11 heteroatoms. The molecule has 0 saturated carbocycles. The normalized spacial score (nSPS) is 25.0. The van der Waals surface area contributed by atoms with Gasteiger partial charge in [-0.2, -0.15) is 0 Å². The number of rotatable bonds is 7. The average molecular weight is 492 g/mol. The summed E-state index contributed by atoms with van der Waals surface area (Å²) in [5.41, 5.74) is 0.534. The molecule has 1 N–H and O–H groups in total. The van der Waals surface area contributed by atoms with Crippen molar-refractivity contribution in [2.75, 3.05) is 31.2 Å². The first-order valence-electron chi connectivity index (χ1n) is 11.4. The minimum Gasteiger partial charge on any atom is -0.454 e. The Morgan fingerprint density at radius 1 is 1.26 bits per heavy atom. The van der Waals surface area contributed by atoms with E-state index in [9.17, 15) is 27.6 Å². The number of imide groups is 1. The van der Waals surface area contributed by atoms with Crippen molar-refractivity contribution in [3.8, 4) is 0 Å². The highest BCUT2D eigenvalue weighted by Crippen LogP contribution is 2.41. The number of benzene rings is 1. The Morgan fingerprint density at radius 2 is 2.00 bits per heavy atom. The van der Waals surface area contributed by atoms with Gasteiger partial charge in [0, 0.05) is 12.6 Å². The van der Waals surface area contributed by atoms with Crippen molar-refractivity contribution in [3.05, 3.63) is 35.4 Å². The number of carbonyl (C=O) groups excluding carboxylic acids is 4. The molecule has 2 atom stereocenters. The smallest absolute Gasteiger partial charge is 0.326 e. The van der Waals surface area contributed by atoms with Gasteiger partial charge >= 0.3 is 12.0 Å². The number of sulfone groups is 1. The molecule has 3 aliphatic rings. The van der Waals surface area contributed by atoms with Crippen LogP contribution in [-0.4, -0.2) is 79.3 Å². The zero-order chi connectivity index (χ0) is 24.7. The number of hydrogen-bond donors (Lipinski definition) is 1. The van der Waals surface area contributed by atoms with E-state index in [1.54, 1.807) is 12.1 Å². The van der Waals surface area contributed by atoms with Crippen LogP contribution in [0.25, 0.3) is 0 Å². The molecule has 2 heterocycles. The lowest BCUT2D eigenvalue weighted by Crippen LogP contribution is -2.46. The quantitative estimate of drug-likeness (QED) is 0.436. The summed E-state index contributed by atoms with van der Waals surface area (Å²) < 4.78 is 28.8. The number of nitrogens with zero attached hydrogens (tertiary/aromatic N) is 2. The summed E-state index contributed by atoms with van der Waals surface area (Å²) in [6, 6.07) is 6.24. The number of fused-ring (bicyclic) bond motifs is 2. The standard InChI is InChI=1S/C23H29N3O7S/c1-15(2)11-25(17-8-10-34(31,32)14-17)19(27)13-33-20(28)12-26-21(29)23(24-22(26)30)9-7-16-5-3-4-6-18(16)23/h3-6,15,17H,7-14H2,1-2H3,(H,24,30)/t17-,23-/m1/s1. The van der Waals surface area contributed by atoms with E-state index in [-0.39, 0.29) is 17.4 Å². The minimum absolute atomic E-state index is 0.0242. The zero-order valence-electron chi connectivity index (χ0n) is 19.3. The van der Waals surface area contributed by atoms with Crippen LogP contribution < -0.4 is 5.32 Å². The minimum atomic E-state index is -3.19. The second-order valence-electron chi connectivity index (χ2n) is 9.54. The summed E-state index contributed by atoms with van der Waals surface area (Å²) in [6.45, 7) is 2.96. The van der Waals surface area contributed by atoms with Gasteiger partial charge in [0.25, 0.3) is 11.8 Å². The fourth-order valence-corrected chi connectivity index (χ4v) is 6.73. The van der Waals surface area contributed by atoms with Gasteiger partial charge in [-0.15, -0.1) is 0 Å². The molecule has 1 aliphatic carbocycles. The molecule has 0 aromatic heterocycles. The lowest BCUT2D eigenvalue weighted by atomic mass is 9.92. The van der Waals surface area contributed by atoms with Gasteiger partial charge in [-0.25, -0.2) is 13.2 Å². The molecule has 2 aliphatic heterocycles. The van der Waals surface area contributed by atoms with Crippen LogP contribution >= 0.6 is 0 Å². The second kappa shape index (κ2) is 9.01. The third-order valence-corrected chi connectivity index (χ3v) is 8.35. The van der Waals surface area contributed by atoms with Crippen molar-refractivity contribution >= 4 is 33.7 Å². The molecule has 0 radical (unpaired) electrons. The Morgan fingerprint density at radius 3 is 2.68 bits per heavy atom. The van der Waals surface area contributed by atoms with Crippen molar-refractivity contribution in [3.63, 3.8) is 0 Å². The topological polar surface area (TPSA) is 130 Å². The molecule has 4 amide bonds. The lowest BCUT2D eigenvalue weighted by molar-refractivity contribution is -0.154. The Balaban J connectivity index is 1.37. The van der Waals surface area contributed by atoms with Crippen molar-refractivity contribution in [2.45, 2.75) is 44.7 Å². The second-order valence-corrected chi connectivity index (χ2v) is 11.8. The number of nitrogens with one attached hydrogen (secondary N) is 1. The molecule has 10 nitrogen and oxygen atoms in total. The highest BCUT2D eigenvalue weighted by atomic mass is 32.2. The van der Waals surface area contributed by atoms with Gasteiger partial charge in [-0.3, -0.25) is 19.3 Å². The lowest BCUT2D eigenvalue weighted by Gasteiger charge is -2.29. The van der Waals surface area contributed by atoms with Crippen molar-refractivity contribution < 1.29 is 32.3 Å². The van der Waals surface area contributed by atoms with Crippen LogP contribution in [0.5, 0.6) is 0 Å². The summed E-state index contributed by atoms with van der Waals surface area (Å²) in [5, 5.41) is 2.74. The number of aryl methyl sites for hydroxylation is 1. The first-order chi connectivity index (χ1) is 16.0. The number of ether oxygens (including phenoxy) is 1. The van der Waals surface area contributed by atoms with Crippen LogP contribution in [-0.2, 0) is 40.9 Å². The first-order valence-corrected chi connectivity index (χ1v) is 13.2. The van der Waals surface area contributed by atoms with Gasteiger partial charge in [0.1, 0.15) is 12.1 Å². The highest BCUT2D eigenvalue weighted by molar-refractivity contribution is 7.91. The van der Waals surface area contributed by atoms with Crippen LogP contribution in [0, 0.1) is 5.92 Å². The molecule has 1 aromatic carbocycles. The van der Waals surface area contributed by atoms with E-state index < -0.39 is 58.4 Å². The maximum absolute atomic E-state index is 13.1. The molecule has 184 valence electrons. The third kappa shape index (κ3) is 4.53. The Bertz CT molecular complexity index is 1130. The fourth-order valence-electron chi connectivity index (χ4n) is 5.00. The van der Waals surface area contributed by atoms with E-state index in [2.05, 4.69) is 5.32 Å². The average Bonchev–Trinajstić information content (AvgIpc) is 3.40. The SMILES string of the molecule is CC(C)CN(C(=O)COC(=O)CN1C(=O)N[C@@]2(CCc3ccccc32)C1=O)[C@@H]1CCS(=O)(=O)C1. The number of carbonyl (C=O) groups is 4. The van der Waals surface area contributed by atoms with E-state index in [4.69, 9.17) is 4.74 Å². The zero-order valence-corrected chi connectivity index (χ0v) is 20.1. The van der Waals surface area contributed by atoms with Crippen LogP contribution in [0.15, 0.2) is 24.3 Å². The molecule has 4 rings (SSSR count). The Hall–Kier alpha value is -2.95. The molecule has 1 aromatic rings. The molecule has 2 fully saturated rings. The molecular weight excluding hydrogens is 462 g/mol. The molecule has 34 heavy (non-hydrogen) atoms. The van der Waals surface area contributed by atoms with Crippen molar-refractivity contribution in [1.82, 2.24) is 15.1 Å². The van der Waals surface area contributed by atoms with Gasteiger partial charge < -0.3 is 15.0 Å². The van der Waals surface area contributed by atoms with Crippen LogP contribution in [0.4, 0.5) is 4.79 Å². The van der Waals surface area contributed by atoms with Gasteiger partial charge in [0.05, 0.1) is 11.5 Å². The van der Waals surface area contributed by atoms with Crippen molar-refractivity contribution in [2.24, 2.45) is 5.92 Å². The predicted octanol–water partition coefficient (Wildman–Crippen LogP) is 0.595. The van der Waals surface area contributed by atoms with E-state index >= 15 is 0 Å². The Labute approximate surface area is 198 Å². The molecule has 0 bridgehead atoms. The van der Waals surface area contributed by atoms with Crippen LogP contribution in [0.2, 0.25) is 0 Å². The highest BCUT2D eigenvalue weighted by Gasteiger charge is 2.55. The predicted molar refractivity (Wildman–Crippen MR) is 121 cm³/mol. The summed E-state index contributed by atoms with van der Waals surface area (Å²) in [6.07, 6.45) is 1.40.